The summed E-state index contributed by atoms with van der Waals surface area (Å²) in [6, 6.07) is 26.9. The monoisotopic (exact) mass is 502 g/mol. The normalized spacial score (nSPS) is 11.0. The summed E-state index contributed by atoms with van der Waals surface area (Å²) in [7, 11) is 0. The molecule has 33 heavy (non-hydrogen) atoms. The number of fused-ring (bicyclic) bond motifs is 1. The summed E-state index contributed by atoms with van der Waals surface area (Å²) < 4.78 is 12.6. The zero-order chi connectivity index (χ0) is 23.0. The van der Waals surface area contributed by atoms with E-state index in [1.807, 2.05) is 67.6 Å². The van der Waals surface area contributed by atoms with Crippen LogP contribution in [0.15, 0.2) is 94.5 Å². The minimum Gasteiger partial charge on any atom is -0.494 e. The first-order valence-electron chi connectivity index (χ1n) is 10.6. The van der Waals surface area contributed by atoms with Crippen molar-refractivity contribution in [1.82, 2.24) is 5.43 Å². The van der Waals surface area contributed by atoms with E-state index in [1.54, 1.807) is 30.5 Å². The second kappa shape index (κ2) is 10.8. The van der Waals surface area contributed by atoms with Crippen LogP contribution in [0.3, 0.4) is 0 Å². The Hall–Kier alpha value is -3.64. The number of hydrazone groups is 1. The molecule has 0 heterocycles. The van der Waals surface area contributed by atoms with Crippen molar-refractivity contribution in [1.29, 1.82) is 0 Å². The highest BCUT2D eigenvalue weighted by molar-refractivity contribution is 9.10. The molecule has 0 saturated carbocycles. The molecule has 0 fully saturated rings. The Morgan fingerprint density at radius 1 is 0.939 bits per heavy atom. The van der Waals surface area contributed by atoms with Gasteiger partial charge in [0.2, 0.25) is 0 Å². The lowest BCUT2D eigenvalue weighted by Gasteiger charge is -2.12. The van der Waals surface area contributed by atoms with Crippen molar-refractivity contribution in [2.24, 2.45) is 5.10 Å². The standard InChI is InChI=1S/C27H23BrN2O3/c1-2-32-23-14-9-21(10-15-23)27(31)30-29-17-25-24-6-4-3-5-20(24)11-16-26(25)33-18-19-7-12-22(28)13-8-19/h3-17H,2,18H2,1H3,(H,30,31)/b29-17+. The molecule has 166 valence electrons. The summed E-state index contributed by atoms with van der Waals surface area (Å²) in [5.74, 6) is 1.11. The predicted octanol–water partition coefficient (Wildman–Crippen LogP) is 6.34. The number of hydrogen-bond donors (Lipinski definition) is 1. The van der Waals surface area contributed by atoms with E-state index < -0.39 is 0 Å². The maximum atomic E-state index is 12.5. The second-order valence-corrected chi connectivity index (χ2v) is 8.19. The lowest BCUT2D eigenvalue weighted by atomic mass is 10.0. The fourth-order valence-electron chi connectivity index (χ4n) is 3.37. The van der Waals surface area contributed by atoms with E-state index in [2.05, 4.69) is 26.5 Å². The summed E-state index contributed by atoms with van der Waals surface area (Å²) in [6.45, 7) is 2.91. The molecule has 0 bridgehead atoms. The van der Waals surface area contributed by atoms with Gasteiger partial charge in [-0.15, -0.1) is 0 Å². The number of ether oxygens (including phenoxy) is 2. The van der Waals surface area contributed by atoms with E-state index in [0.29, 0.717) is 24.5 Å². The lowest BCUT2D eigenvalue weighted by Crippen LogP contribution is -2.17. The Morgan fingerprint density at radius 2 is 1.70 bits per heavy atom. The van der Waals surface area contributed by atoms with Crippen LogP contribution in [0, 0.1) is 0 Å². The fourth-order valence-corrected chi connectivity index (χ4v) is 3.63. The SMILES string of the molecule is CCOc1ccc(C(=O)N/N=C/c2c(OCc3ccc(Br)cc3)ccc3ccccc23)cc1. The number of rotatable bonds is 8. The van der Waals surface area contributed by atoms with Gasteiger partial charge in [0.15, 0.2) is 0 Å². The van der Waals surface area contributed by atoms with Crippen LogP contribution < -0.4 is 14.9 Å². The van der Waals surface area contributed by atoms with Gasteiger partial charge in [0, 0.05) is 15.6 Å². The number of nitrogens with one attached hydrogen (secondary N) is 1. The van der Waals surface area contributed by atoms with Gasteiger partial charge in [-0.1, -0.05) is 58.4 Å². The molecule has 4 aromatic rings. The molecule has 0 unspecified atom stereocenters. The molecule has 1 amide bonds. The average molecular weight is 503 g/mol. The molecule has 0 aliphatic heterocycles. The van der Waals surface area contributed by atoms with Crippen molar-refractivity contribution in [3.8, 4) is 11.5 Å². The largest absolute Gasteiger partial charge is 0.494 e. The maximum Gasteiger partial charge on any atom is 0.271 e. The Morgan fingerprint density at radius 3 is 2.45 bits per heavy atom. The Labute approximate surface area is 201 Å². The van der Waals surface area contributed by atoms with Crippen molar-refractivity contribution in [2.45, 2.75) is 13.5 Å². The third-order valence-electron chi connectivity index (χ3n) is 5.03. The zero-order valence-electron chi connectivity index (χ0n) is 18.1. The molecular weight excluding hydrogens is 480 g/mol. The fraction of sp³-hybridized carbons (Fsp3) is 0.111. The summed E-state index contributed by atoms with van der Waals surface area (Å²) in [5.41, 5.74) is 4.96. The molecule has 6 heteroatoms. The van der Waals surface area contributed by atoms with Crippen molar-refractivity contribution in [3.05, 3.63) is 106 Å². The number of halogens is 1. The van der Waals surface area contributed by atoms with Crippen LogP contribution >= 0.6 is 15.9 Å². The van der Waals surface area contributed by atoms with E-state index in [4.69, 9.17) is 9.47 Å². The number of amides is 1. The lowest BCUT2D eigenvalue weighted by molar-refractivity contribution is 0.0955. The number of carbonyl (C=O) groups excluding carboxylic acids is 1. The van der Waals surface area contributed by atoms with Gasteiger partial charge in [-0.25, -0.2) is 5.43 Å². The summed E-state index contributed by atoms with van der Waals surface area (Å²) in [6.07, 6.45) is 1.63. The predicted molar refractivity (Wildman–Crippen MR) is 135 cm³/mol. The van der Waals surface area contributed by atoms with Crippen LogP contribution in [0.25, 0.3) is 10.8 Å². The molecule has 0 atom stereocenters. The van der Waals surface area contributed by atoms with Crippen LogP contribution in [-0.2, 0) is 6.61 Å². The molecule has 0 spiro atoms. The summed E-state index contributed by atoms with van der Waals surface area (Å²) in [4.78, 5) is 12.5. The van der Waals surface area contributed by atoms with Gasteiger partial charge in [-0.3, -0.25) is 4.79 Å². The smallest absolute Gasteiger partial charge is 0.271 e. The first-order valence-corrected chi connectivity index (χ1v) is 11.4. The molecule has 0 aliphatic rings. The minimum absolute atomic E-state index is 0.299. The van der Waals surface area contributed by atoms with E-state index in [0.717, 1.165) is 32.1 Å². The molecule has 0 radical (unpaired) electrons. The van der Waals surface area contributed by atoms with Gasteiger partial charge in [-0.2, -0.15) is 5.10 Å². The summed E-state index contributed by atoms with van der Waals surface area (Å²) >= 11 is 3.45. The molecular formula is C27H23BrN2O3. The second-order valence-electron chi connectivity index (χ2n) is 7.27. The molecule has 0 aromatic heterocycles. The van der Waals surface area contributed by atoms with Crippen LogP contribution in [-0.4, -0.2) is 18.7 Å². The highest BCUT2D eigenvalue weighted by atomic mass is 79.9. The number of benzene rings is 4. The minimum atomic E-state index is -0.299. The molecule has 0 aliphatic carbocycles. The molecule has 4 aromatic carbocycles. The van der Waals surface area contributed by atoms with Crippen LogP contribution in [0.5, 0.6) is 11.5 Å². The van der Waals surface area contributed by atoms with Gasteiger partial charge in [-0.05, 0) is 65.7 Å². The Kier molecular flexibility index (Phi) is 7.37. The van der Waals surface area contributed by atoms with E-state index in [9.17, 15) is 4.79 Å². The van der Waals surface area contributed by atoms with Crippen molar-refractivity contribution in [3.63, 3.8) is 0 Å². The van der Waals surface area contributed by atoms with Crippen molar-refractivity contribution >= 4 is 38.8 Å². The zero-order valence-corrected chi connectivity index (χ0v) is 19.7. The number of nitrogens with zero attached hydrogens (tertiary/aromatic N) is 1. The maximum absolute atomic E-state index is 12.5. The van der Waals surface area contributed by atoms with Gasteiger partial charge < -0.3 is 9.47 Å². The third kappa shape index (κ3) is 5.79. The topological polar surface area (TPSA) is 59.9 Å². The molecule has 5 nitrogen and oxygen atoms in total. The van der Waals surface area contributed by atoms with Crippen molar-refractivity contribution < 1.29 is 14.3 Å². The Balaban J connectivity index is 1.53. The quantitative estimate of drug-likeness (QED) is 0.225. The van der Waals surface area contributed by atoms with E-state index in [1.165, 1.54) is 0 Å². The molecule has 4 rings (SSSR count). The first-order chi connectivity index (χ1) is 16.1. The van der Waals surface area contributed by atoms with Crippen molar-refractivity contribution in [2.75, 3.05) is 6.61 Å². The van der Waals surface area contributed by atoms with Gasteiger partial charge >= 0.3 is 0 Å². The Bertz CT molecular complexity index is 1270. The van der Waals surface area contributed by atoms with Gasteiger partial charge in [0.05, 0.1) is 12.8 Å². The molecule has 0 saturated heterocycles. The van der Waals surface area contributed by atoms with Crippen LogP contribution in [0.4, 0.5) is 0 Å². The van der Waals surface area contributed by atoms with Crippen LogP contribution in [0.2, 0.25) is 0 Å². The number of hydrogen-bond acceptors (Lipinski definition) is 4. The summed E-state index contributed by atoms with van der Waals surface area (Å²) in [5, 5.41) is 6.27. The number of carbonyl (C=O) groups is 1. The van der Waals surface area contributed by atoms with E-state index >= 15 is 0 Å². The highest BCUT2D eigenvalue weighted by Crippen LogP contribution is 2.27. The highest BCUT2D eigenvalue weighted by Gasteiger charge is 2.09. The average Bonchev–Trinajstić information content (AvgIpc) is 2.85. The van der Waals surface area contributed by atoms with Gasteiger partial charge in [0.25, 0.3) is 5.91 Å². The third-order valence-corrected chi connectivity index (χ3v) is 5.55. The van der Waals surface area contributed by atoms with Crippen LogP contribution in [0.1, 0.15) is 28.4 Å². The first kappa shape index (κ1) is 22.6. The van der Waals surface area contributed by atoms with Gasteiger partial charge in [0.1, 0.15) is 18.1 Å². The molecule has 1 N–H and O–H groups in total. The van der Waals surface area contributed by atoms with E-state index in [-0.39, 0.29) is 5.91 Å².